The van der Waals surface area contributed by atoms with Crippen molar-refractivity contribution in [1.29, 1.82) is 0 Å². The number of ether oxygens (including phenoxy) is 3. The minimum Gasteiger partial charge on any atom is -0.468 e. The summed E-state index contributed by atoms with van der Waals surface area (Å²) >= 11 is 0. The van der Waals surface area contributed by atoms with E-state index in [-0.39, 0.29) is 19.3 Å². The highest BCUT2D eigenvalue weighted by molar-refractivity contribution is 7.92. The molecule has 0 radical (unpaired) electrons. The molecule has 214 valence electrons. The van der Waals surface area contributed by atoms with Crippen LogP contribution in [0.15, 0.2) is 71.5 Å². The number of anilines is 2. The standard InChI is InChI=1S/C29H32N6O5S/c1-19-13-21(34-41(3,4)37)14-23-26(19)27(32-18-31-23)33-22-11-8-12-30-28(22)40-25-16-35(15-24(25)38-2)29(36)39-17-20-9-6-5-7-10-20/h5-14,18,24-25H,15-17H2,1-4H3,(H,31,32,33)/t24-,25-/m1/s1. The van der Waals surface area contributed by atoms with Crippen LogP contribution in [0.5, 0.6) is 5.88 Å². The second-order valence-corrected chi connectivity index (χ2v) is 12.6. The Labute approximate surface area is 239 Å². The molecule has 5 rings (SSSR count). The lowest BCUT2D eigenvalue weighted by Crippen LogP contribution is -2.32. The number of likely N-dealkylation sites (tertiary alicyclic amines) is 1. The Morgan fingerprint density at radius 3 is 2.61 bits per heavy atom. The number of methoxy groups -OCH3 is 1. The molecule has 1 fully saturated rings. The molecule has 1 saturated heterocycles. The number of hydrogen-bond donors (Lipinski definition) is 1. The third-order valence-corrected chi connectivity index (χ3v) is 7.16. The van der Waals surface area contributed by atoms with Gasteiger partial charge in [-0.25, -0.2) is 24.0 Å². The van der Waals surface area contributed by atoms with Gasteiger partial charge in [0.25, 0.3) is 0 Å². The average Bonchev–Trinajstić information content (AvgIpc) is 3.35. The highest BCUT2D eigenvalue weighted by atomic mass is 32.2. The van der Waals surface area contributed by atoms with Gasteiger partial charge >= 0.3 is 6.09 Å². The molecule has 0 aliphatic carbocycles. The summed E-state index contributed by atoms with van der Waals surface area (Å²) in [6.07, 6.45) is 5.00. The summed E-state index contributed by atoms with van der Waals surface area (Å²) in [5.41, 5.74) is 3.63. The smallest absolute Gasteiger partial charge is 0.410 e. The van der Waals surface area contributed by atoms with Crippen LogP contribution in [0.25, 0.3) is 10.9 Å². The fraction of sp³-hybridized carbons (Fsp3) is 0.310. The van der Waals surface area contributed by atoms with E-state index >= 15 is 0 Å². The van der Waals surface area contributed by atoms with Crippen LogP contribution >= 0.6 is 0 Å². The van der Waals surface area contributed by atoms with Crippen molar-refractivity contribution in [3.05, 3.63) is 78.2 Å². The van der Waals surface area contributed by atoms with Crippen molar-refractivity contribution in [3.8, 4) is 5.88 Å². The number of nitrogens with one attached hydrogen (secondary N) is 1. The van der Waals surface area contributed by atoms with Crippen LogP contribution in [-0.4, -0.2) is 75.1 Å². The van der Waals surface area contributed by atoms with Gasteiger partial charge in [0.15, 0.2) is 0 Å². The maximum atomic E-state index is 12.8. The molecule has 12 heteroatoms. The number of amides is 1. The first-order valence-corrected chi connectivity index (χ1v) is 15.3. The van der Waals surface area contributed by atoms with Gasteiger partial charge in [0, 0.05) is 40.9 Å². The van der Waals surface area contributed by atoms with E-state index in [1.165, 1.54) is 6.33 Å². The molecule has 0 saturated carbocycles. The van der Waals surface area contributed by atoms with Crippen molar-refractivity contribution in [1.82, 2.24) is 19.9 Å². The lowest BCUT2D eigenvalue weighted by atomic mass is 10.1. The number of carbonyl (C=O) groups excluding carboxylic acids is 1. The Balaban J connectivity index is 1.34. The number of aromatic nitrogens is 3. The SMILES string of the molecule is CO[C@@H]1CN(C(=O)OCc2ccccc2)C[C@H]1Oc1ncccc1Nc1ncnc2cc(N=S(C)(C)=O)cc(C)c12. The van der Waals surface area contributed by atoms with E-state index in [2.05, 4.69) is 24.6 Å². The topological polar surface area (TPSA) is 128 Å². The molecule has 0 bridgehead atoms. The zero-order valence-electron chi connectivity index (χ0n) is 23.3. The zero-order valence-corrected chi connectivity index (χ0v) is 24.1. The Morgan fingerprint density at radius 1 is 1.07 bits per heavy atom. The lowest BCUT2D eigenvalue weighted by molar-refractivity contribution is 0.0322. The minimum absolute atomic E-state index is 0.186. The lowest BCUT2D eigenvalue weighted by Gasteiger charge is -2.20. The Hall–Kier alpha value is -4.29. The summed E-state index contributed by atoms with van der Waals surface area (Å²) in [4.78, 5) is 27.7. The molecule has 2 aromatic carbocycles. The van der Waals surface area contributed by atoms with Crippen molar-refractivity contribution in [3.63, 3.8) is 0 Å². The van der Waals surface area contributed by atoms with Gasteiger partial charge < -0.3 is 24.4 Å². The first kappa shape index (κ1) is 28.2. The number of hydrogen-bond acceptors (Lipinski definition) is 10. The molecule has 41 heavy (non-hydrogen) atoms. The molecule has 0 unspecified atom stereocenters. The van der Waals surface area contributed by atoms with Crippen LogP contribution < -0.4 is 10.1 Å². The van der Waals surface area contributed by atoms with Gasteiger partial charge in [0.2, 0.25) is 5.88 Å². The van der Waals surface area contributed by atoms with Crippen LogP contribution in [0.3, 0.4) is 0 Å². The van der Waals surface area contributed by atoms with Crippen molar-refractivity contribution in [2.24, 2.45) is 4.36 Å². The molecule has 1 N–H and O–H groups in total. The van der Waals surface area contributed by atoms with Crippen LogP contribution in [-0.2, 0) is 25.8 Å². The molecule has 2 atom stereocenters. The van der Waals surface area contributed by atoms with Crippen LogP contribution in [0, 0.1) is 6.92 Å². The highest BCUT2D eigenvalue weighted by Gasteiger charge is 2.38. The van der Waals surface area contributed by atoms with E-state index < -0.39 is 21.9 Å². The summed E-state index contributed by atoms with van der Waals surface area (Å²) in [6, 6.07) is 16.8. The number of nitrogens with zero attached hydrogens (tertiary/aromatic N) is 5. The number of benzene rings is 2. The van der Waals surface area contributed by atoms with E-state index in [1.807, 2.05) is 49.4 Å². The second kappa shape index (κ2) is 12.1. The van der Waals surface area contributed by atoms with Crippen molar-refractivity contribution in [2.75, 3.05) is 38.0 Å². The zero-order chi connectivity index (χ0) is 29.0. The molecule has 1 aliphatic rings. The maximum absolute atomic E-state index is 12.8. The molecule has 11 nitrogen and oxygen atoms in total. The monoisotopic (exact) mass is 576 g/mol. The largest absolute Gasteiger partial charge is 0.468 e. The molecular formula is C29H32N6O5S. The van der Waals surface area contributed by atoms with E-state index in [0.717, 1.165) is 16.5 Å². The number of fused-ring (bicyclic) bond motifs is 1. The summed E-state index contributed by atoms with van der Waals surface area (Å²) in [7, 11) is -0.736. The predicted octanol–water partition coefficient (Wildman–Crippen LogP) is 4.85. The van der Waals surface area contributed by atoms with Gasteiger partial charge in [-0.15, -0.1) is 0 Å². The average molecular weight is 577 g/mol. The maximum Gasteiger partial charge on any atom is 0.410 e. The van der Waals surface area contributed by atoms with E-state index in [4.69, 9.17) is 14.2 Å². The fourth-order valence-electron chi connectivity index (χ4n) is 4.67. The van der Waals surface area contributed by atoms with Gasteiger partial charge in [-0.1, -0.05) is 30.3 Å². The Morgan fingerprint density at radius 2 is 1.85 bits per heavy atom. The van der Waals surface area contributed by atoms with Gasteiger partial charge in [-0.05, 0) is 42.3 Å². The second-order valence-electron chi connectivity index (χ2n) is 10.0. The first-order chi connectivity index (χ1) is 19.7. The number of rotatable bonds is 8. The molecule has 4 aromatic rings. The summed E-state index contributed by atoms with van der Waals surface area (Å²) in [5.74, 6) is 0.901. The number of pyridine rings is 1. The molecular weight excluding hydrogens is 544 g/mol. The van der Waals surface area contributed by atoms with Gasteiger partial charge in [-0.2, -0.15) is 4.36 Å². The van der Waals surface area contributed by atoms with Crippen molar-refractivity contribution < 1.29 is 23.2 Å². The minimum atomic E-state index is -2.32. The summed E-state index contributed by atoms with van der Waals surface area (Å²) in [6.45, 7) is 2.72. The van der Waals surface area contributed by atoms with E-state index in [1.54, 1.807) is 42.9 Å². The van der Waals surface area contributed by atoms with Crippen LogP contribution in [0.2, 0.25) is 0 Å². The molecule has 1 aliphatic heterocycles. The quantitative estimate of drug-likeness (QED) is 0.313. The number of aryl methyl sites for hydroxylation is 1. The molecule has 1 amide bonds. The van der Waals surface area contributed by atoms with E-state index in [9.17, 15) is 9.00 Å². The van der Waals surface area contributed by atoms with Crippen LogP contribution in [0.4, 0.5) is 22.0 Å². The Kier molecular flexibility index (Phi) is 8.31. The third kappa shape index (κ3) is 6.90. The Bertz CT molecular complexity index is 1670. The molecule has 3 heterocycles. The summed E-state index contributed by atoms with van der Waals surface area (Å²) < 4.78 is 34.0. The third-order valence-electron chi connectivity index (χ3n) is 6.51. The normalized spacial score (nSPS) is 16.9. The van der Waals surface area contributed by atoms with Crippen LogP contribution in [0.1, 0.15) is 11.1 Å². The summed E-state index contributed by atoms with van der Waals surface area (Å²) in [5, 5.41) is 4.13. The van der Waals surface area contributed by atoms with Gasteiger partial charge in [0.1, 0.15) is 36.6 Å². The fourth-order valence-corrected chi connectivity index (χ4v) is 5.28. The van der Waals surface area contributed by atoms with Crippen molar-refractivity contribution >= 4 is 43.9 Å². The molecule has 0 spiro atoms. The molecule has 2 aromatic heterocycles. The van der Waals surface area contributed by atoms with Gasteiger partial charge in [-0.3, -0.25) is 0 Å². The first-order valence-electron chi connectivity index (χ1n) is 13.0. The highest BCUT2D eigenvalue weighted by Crippen LogP contribution is 2.33. The number of carbonyl (C=O) groups is 1. The van der Waals surface area contributed by atoms with Crippen molar-refractivity contribution in [2.45, 2.75) is 25.7 Å². The van der Waals surface area contributed by atoms with Gasteiger partial charge in [0.05, 0.1) is 24.3 Å². The van der Waals surface area contributed by atoms with E-state index in [0.29, 0.717) is 35.1 Å². The predicted molar refractivity (Wildman–Crippen MR) is 157 cm³/mol.